The molecule has 6 nitrogen and oxygen atoms in total. The van der Waals surface area contributed by atoms with Crippen LogP contribution >= 0.6 is 0 Å². The van der Waals surface area contributed by atoms with Gasteiger partial charge in [-0.2, -0.15) is 4.98 Å². The molecule has 2 aromatic carbocycles. The highest BCUT2D eigenvalue weighted by atomic mass is 16.5. The van der Waals surface area contributed by atoms with Crippen LogP contribution in [-0.4, -0.2) is 68.4 Å². The molecule has 2 heterocycles. The Morgan fingerprint density at radius 3 is 2.50 bits per heavy atom. The van der Waals surface area contributed by atoms with Gasteiger partial charge in [0.15, 0.2) is 5.82 Å². The molecule has 6 heteroatoms. The number of fused-ring (bicyclic) bond motifs is 1. The predicted octanol–water partition coefficient (Wildman–Crippen LogP) is 3.07. The lowest BCUT2D eigenvalue weighted by atomic mass is 10.1. The molecule has 3 aromatic rings. The van der Waals surface area contributed by atoms with E-state index in [1.165, 1.54) is 0 Å². The molecular formula is C22H26N4O2. The van der Waals surface area contributed by atoms with Gasteiger partial charge in [-0.3, -0.25) is 4.90 Å². The largest absolute Gasteiger partial charge is 0.476 e. The van der Waals surface area contributed by atoms with E-state index in [4.69, 9.17) is 19.4 Å². The zero-order valence-corrected chi connectivity index (χ0v) is 16.5. The fourth-order valence-corrected chi connectivity index (χ4v) is 3.29. The zero-order chi connectivity index (χ0) is 19.3. The van der Waals surface area contributed by atoms with Crippen molar-refractivity contribution in [2.75, 3.05) is 58.5 Å². The minimum Gasteiger partial charge on any atom is -0.476 e. The van der Waals surface area contributed by atoms with Gasteiger partial charge in [-0.1, -0.05) is 12.1 Å². The van der Waals surface area contributed by atoms with Crippen molar-refractivity contribution < 1.29 is 9.47 Å². The Balaban J connectivity index is 1.57. The van der Waals surface area contributed by atoms with Crippen LogP contribution in [0.25, 0.3) is 22.3 Å². The molecule has 1 fully saturated rings. The molecule has 1 aliphatic rings. The predicted molar refractivity (Wildman–Crippen MR) is 112 cm³/mol. The molecule has 1 aromatic heterocycles. The average Bonchev–Trinajstić information content (AvgIpc) is 2.74. The van der Waals surface area contributed by atoms with Crippen LogP contribution in [0.4, 0.5) is 5.69 Å². The highest BCUT2D eigenvalue weighted by Crippen LogP contribution is 2.27. The maximum Gasteiger partial charge on any atom is 0.225 e. The Morgan fingerprint density at radius 1 is 1.00 bits per heavy atom. The van der Waals surface area contributed by atoms with Gasteiger partial charge in [0, 0.05) is 45.0 Å². The van der Waals surface area contributed by atoms with Gasteiger partial charge in [-0.15, -0.1) is 0 Å². The number of aromatic nitrogens is 2. The maximum atomic E-state index is 6.10. The van der Waals surface area contributed by atoms with E-state index in [0.29, 0.717) is 18.3 Å². The third-order valence-electron chi connectivity index (χ3n) is 4.96. The molecule has 0 N–H and O–H groups in total. The summed E-state index contributed by atoms with van der Waals surface area (Å²) in [5.41, 5.74) is 3.02. The van der Waals surface area contributed by atoms with Crippen molar-refractivity contribution in [2.24, 2.45) is 0 Å². The van der Waals surface area contributed by atoms with Gasteiger partial charge < -0.3 is 14.4 Å². The first-order chi connectivity index (χ1) is 13.7. The standard InChI is InChI=1S/C22H26N4O2/c1-25(2)18-9-7-17(8-10-18)21-23-20-6-4-3-5-19(20)22(24-21)28-16-13-26-11-14-27-15-12-26/h3-10H,11-16H2,1-2H3. The lowest BCUT2D eigenvalue weighted by Crippen LogP contribution is -2.38. The first-order valence-corrected chi connectivity index (χ1v) is 9.68. The van der Waals surface area contributed by atoms with Crippen LogP contribution in [0.1, 0.15) is 0 Å². The average molecular weight is 378 g/mol. The molecule has 0 radical (unpaired) electrons. The van der Waals surface area contributed by atoms with E-state index < -0.39 is 0 Å². The lowest BCUT2D eigenvalue weighted by molar-refractivity contribution is 0.0321. The smallest absolute Gasteiger partial charge is 0.225 e. The van der Waals surface area contributed by atoms with E-state index in [0.717, 1.165) is 55.0 Å². The van der Waals surface area contributed by atoms with E-state index in [2.05, 4.69) is 34.1 Å². The lowest BCUT2D eigenvalue weighted by Gasteiger charge is -2.26. The van der Waals surface area contributed by atoms with E-state index >= 15 is 0 Å². The van der Waals surface area contributed by atoms with Crippen molar-refractivity contribution in [1.82, 2.24) is 14.9 Å². The minimum absolute atomic E-state index is 0.597. The number of morpholine rings is 1. The van der Waals surface area contributed by atoms with Crippen LogP contribution < -0.4 is 9.64 Å². The van der Waals surface area contributed by atoms with E-state index in [1.54, 1.807) is 0 Å². The SMILES string of the molecule is CN(C)c1ccc(-c2nc(OCCN3CCOCC3)c3ccccc3n2)cc1. The number of anilines is 1. The molecule has 0 amide bonds. The third kappa shape index (κ3) is 4.24. The number of para-hydroxylation sites is 1. The Bertz CT molecular complexity index is 921. The van der Waals surface area contributed by atoms with Gasteiger partial charge in [-0.25, -0.2) is 4.98 Å². The van der Waals surface area contributed by atoms with Gasteiger partial charge in [0.2, 0.25) is 5.88 Å². The summed E-state index contributed by atoms with van der Waals surface area (Å²) in [7, 11) is 4.06. The monoisotopic (exact) mass is 378 g/mol. The quantitative estimate of drug-likeness (QED) is 0.657. The van der Waals surface area contributed by atoms with Gasteiger partial charge in [0.05, 0.1) is 24.1 Å². The molecule has 0 aliphatic carbocycles. The number of benzene rings is 2. The van der Waals surface area contributed by atoms with Crippen molar-refractivity contribution in [3.05, 3.63) is 48.5 Å². The highest BCUT2D eigenvalue weighted by Gasteiger charge is 2.13. The van der Waals surface area contributed by atoms with Gasteiger partial charge in [0.25, 0.3) is 0 Å². The number of ether oxygens (including phenoxy) is 2. The van der Waals surface area contributed by atoms with E-state index in [9.17, 15) is 0 Å². The van der Waals surface area contributed by atoms with Crippen LogP contribution in [0, 0.1) is 0 Å². The Hall–Kier alpha value is -2.70. The fourth-order valence-electron chi connectivity index (χ4n) is 3.29. The Kier molecular flexibility index (Phi) is 5.69. The molecule has 1 saturated heterocycles. The summed E-state index contributed by atoms with van der Waals surface area (Å²) in [5.74, 6) is 1.33. The first kappa shape index (κ1) is 18.7. The van der Waals surface area contributed by atoms with Crippen molar-refractivity contribution in [1.29, 1.82) is 0 Å². The molecule has 0 atom stereocenters. The summed E-state index contributed by atoms with van der Waals surface area (Å²) in [6.07, 6.45) is 0. The minimum atomic E-state index is 0.597. The van der Waals surface area contributed by atoms with Crippen molar-refractivity contribution in [3.63, 3.8) is 0 Å². The second-order valence-electron chi connectivity index (χ2n) is 7.11. The van der Waals surface area contributed by atoms with E-state index in [-0.39, 0.29) is 0 Å². The topological polar surface area (TPSA) is 50.7 Å². The molecule has 1 aliphatic heterocycles. The molecule has 0 unspecified atom stereocenters. The van der Waals surface area contributed by atoms with Crippen molar-refractivity contribution in [2.45, 2.75) is 0 Å². The zero-order valence-electron chi connectivity index (χ0n) is 16.5. The molecule has 146 valence electrons. The van der Waals surface area contributed by atoms with Crippen LogP contribution in [0.15, 0.2) is 48.5 Å². The van der Waals surface area contributed by atoms with Crippen LogP contribution in [-0.2, 0) is 4.74 Å². The fraction of sp³-hybridized carbons (Fsp3) is 0.364. The molecular weight excluding hydrogens is 352 g/mol. The second kappa shape index (κ2) is 8.54. The molecule has 28 heavy (non-hydrogen) atoms. The Labute approximate surface area is 165 Å². The maximum absolute atomic E-state index is 6.10. The number of nitrogens with zero attached hydrogens (tertiary/aromatic N) is 4. The summed E-state index contributed by atoms with van der Waals surface area (Å²) in [4.78, 5) is 13.9. The Morgan fingerprint density at radius 2 is 1.75 bits per heavy atom. The summed E-state index contributed by atoms with van der Waals surface area (Å²) >= 11 is 0. The normalized spacial score (nSPS) is 14.9. The van der Waals surface area contributed by atoms with Gasteiger partial charge in [-0.05, 0) is 36.4 Å². The molecule has 0 saturated carbocycles. The first-order valence-electron chi connectivity index (χ1n) is 9.68. The van der Waals surface area contributed by atoms with Crippen molar-refractivity contribution >= 4 is 16.6 Å². The number of hydrogen-bond acceptors (Lipinski definition) is 6. The summed E-state index contributed by atoms with van der Waals surface area (Å²) in [6.45, 7) is 4.97. The second-order valence-corrected chi connectivity index (χ2v) is 7.11. The van der Waals surface area contributed by atoms with Crippen molar-refractivity contribution in [3.8, 4) is 17.3 Å². The molecule has 4 rings (SSSR count). The summed E-state index contributed by atoms with van der Waals surface area (Å²) < 4.78 is 11.5. The van der Waals surface area contributed by atoms with Gasteiger partial charge >= 0.3 is 0 Å². The highest BCUT2D eigenvalue weighted by molar-refractivity contribution is 5.85. The van der Waals surface area contributed by atoms with Crippen LogP contribution in [0.3, 0.4) is 0 Å². The molecule has 0 bridgehead atoms. The van der Waals surface area contributed by atoms with E-state index in [1.807, 2.05) is 38.4 Å². The van der Waals surface area contributed by atoms with Gasteiger partial charge in [0.1, 0.15) is 6.61 Å². The summed E-state index contributed by atoms with van der Waals surface area (Å²) in [6, 6.07) is 16.3. The molecule has 0 spiro atoms. The summed E-state index contributed by atoms with van der Waals surface area (Å²) in [5, 5.41) is 0.943. The van der Waals surface area contributed by atoms with Crippen LogP contribution in [0.5, 0.6) is 5.88 Å². The van der Waals surface area contributed by atoms with Crippen LogP contribution in [0.2, 0.25) is 0 Å². The number of hydrogen-bond donors (Lipinski definition) is 0. The third-order valence-corrected chi connectivity index (χ3v) is 4.96. The number of rotatable bonds is 6.